The number of carboxylic acid groups (broad SMARTS) is 1. The van der Waals surface area contributed by atoms with E-state index in [1.165, 1.54) is 7.11 Å². The molecule has 0 aliphatic heterocycles. The monoisotopic (exact) mass is 424 g/mol. The Morgan fingerprint density at radius 2 is 1.41 bits per heavy atom. The van der Waals surface area contributed by atoms with Crippen LogP contribution in [0.3, 0.4) is 0 Å². The van der Waals surface area contributed by atoms with Gasteiger partial charge in [0.25, 0.3) is 0 Å². The lowest BCUT2D eigenvalue weighted by molar-refractivity contribution is -0.130. The molecule has 0 fully saturated rings. The van der Waals surface area contributed by atoms with Crippen molar-refractivity contribution in [1.29, 1.82) is 0 Å². The molecule has 0 saturated heterocycles. The van der Waals surface area contributed by atoms with Crippen molar-refractivity contribution in [3.63, 3.8) is 0 Å². The Hall–Kier alpha value is -4.05. The van der Waals surface area contributed by atoms with Gasteiger partial charge in [-0.15, -0.1) is 0 Å². The molecule has 4 nitrogen and oxygen atoms in total. The summed E-state index contributed by atoms with van der Waals surface area (Å²) in [5.74, 6) is -0.701. The molecule has 0 atom stereocenters. The van der Waals surface area contributed by atoms with Gasteiger partial charge in [0, 0.05) is 22.9 Å². The zero-order valence-electron chi connectivity index (χ0n) is 17.8. The minimum atomic E-state index is -1.02. The van der Waals surface area contributed by atoms with Crippen LogP contribution in [0.25, 0.3) is 16.3 Å². The molecular formula is C28H24O4. The van der Waals surface area contributed by atoms with Gasteiger partial charge in [0.1, 0.15) is 0 Å². The predicted octanol–water partition coefficient (Wildman–Crippen LogP) is 5.86. The number of aliphatic carboxylic acids is 1. The number of methoxy groups -OCH3 is 1. The Bertz CT molecular complexity index is 1280. The maximum Gasteiger partial charge on any atom is 0.336 e. The molecule has 0 saturated carbocycles. The van der Waals surface area contributed by atoms with Crippen LogP contribution in [-0.4, -0.2) is 23.3 Å². The molecule has 0 aliphatic rings. The molecule has 0 amide bonds. The van der Waals surface area contributed by atoms with Gasteiger partial charge in [0.05, 0.1) is 12.7 Å². The molecule has 0 heterocycles. The highest BCUT2D eigenvalue weighted by Crippen LogP contribution is 2.44. The highest BCUT2D eigenvalue weighted by Gasteiger charge is 2.25. The third-order valence-electron chi connectivity index (χ3n) is 5.55. The van der Waals surface area contributed by atoms with E-state index in [4.69, 9.17) is 4.74 Å². The lowest BCUT2D eigenvalue weighted by atomic mass is 9.87. The van der Waals surface area contributed by atoms with Crippen molar-refractivity contribution < 1.29 is 19.7 Å². The Morgan fingerprint density at radius 3 is 2.00 bits per heavy atom. The molecule has 32 heavy (non-hydrogen) atoms. The van der Waals surface area contributed by atoms with E-state index >= 15 is 0 Å². The third kappa shape index (κ3) is 4.21. The quantitative estimate of drug-likeness (QED) is 0.365. The average Bonchev–Trinajstić information content (AvgIpc) is 2.82. The predicted molar refractivity (Wildman–Crippen MR) is 127 cm³/mol. The molecule has 0 aliphatic carbocycles. The molecular weight excluding hydrogens is 400 g/mol. The molecule has 4 rings (SSSR count). The number of hydrogen-bond acceptors (Lipinski definition) is 3. The number of rotatable bonds is 7. The fourth-order valence-electron chi connectivity index (χ4n) is 4.08. The summed E-state index contributed by atoms with van der Waals surface area (Å²) < 4.78 is 5.62. The normalized spacial score (nSPS) is 11.5. The van der Waals surface area contributed by atoms with Gasteiger partial charge < -0.3 is 14.9 Å². The largest absolute Gasteiger partial charge is 0.504 e. The molecule has 4 heteroatoms. The number of carbonyl (C=O) groups is 1. The first-order valence-corrected chi connectivity index (χ1v) is 10.4. The first-order chi connectivity index (χ1) is 15.6. The van der Waals surface area contributed by atoms with Gasteiger partial charge in [0.15, 0.2) is 11.5 Å². The van der Waals surface area contributed by atoms with Crippen molar-refractivity contribution in [3.05, 3.63) is 113 Å². The molecule has 0 radical (unpaired) electrons. The summed E-state index contributed by atoms with van der Waals surface area (Å²) >= 11 is 0. The number of phenolic OH excluding ortho intramolecular Hbond substituents is 1. The smallest absolute Gasteiger partial charge is 0.336 e. The van der Waals surface area contributed by atoms with E-state index in [9.17, 15) is 15.0 Å². The highest BCUT2D eigenvalue weighted by molar-refractivity contribution is 6.21. The fourth-order valence-corrected chi connectivity index (χ4v) is 4.08. The van der Waals surface area contributed by atoms with Crippen molar-refractivity contribution in [3.8, 4) is 11.5 Å². The number of carboxylic acids is 1. The number of benzene rings is 4. The van der Waals surface area contributed by atoms with Crippen LogP contribution < -0.4 is 4.74 Å². The maximum absolute atomic E-state index is 12.5. The summed E-state index contributed by atoms with van der Waals surface area (Å²) in [5.41, 5.74) is 3.42. The van der Waals surface area contributed by atoms with Crippen LogP contribution >= 0.6 is 0 Å². The third-order valence-corrected chi connectivity index (χ3v) is 5.55. The van der Waals surface area contributed by atoms with Crippen molar-refractivity contribution in [2.24, 2.45) is 0 Å². The van der Waals surface area contributed by atoms with Gasteiger partial charge in [-0.1, -0.05) is 91.0 Å². The Labute approximate surface area is 187 Å². The molecule has 0 spiro atoms. The Morgan fingerprint density at radius 1 is 0.844 bits per heavy atom. The van der Waals surface area contributed by atoms with Crippen LogP contribution in [0.15, 0.2) is 91.0 Å². The van der Waals surface area contributed by atoms with Gasteiger partial charge in [0.2, 0.25) is 0 Å². The van der Waals surface area contributed by atoms with Crippen LogP contribution in [0.1, 0.15) is 22.3 Å². The van der Waals surface area contributed by atoms with Crippen molar-refractivity contribution in [2.45, 2.75) is 12.8 Å². The van der Waals surface area contributed by atoms with E-state index in [-0.39, 0.29) is 11.3 Å². The zero-order chi connectivity index (χ0) is 22.5. The van der Waals surface area contributed by atoms with E-state index < -0.39 is 5.97 Å². The van der Waals surface area contributed by atoms with E-state index in [0.717, 1.165) is 11.1 Å². The SMILES string of the molecule is COc1c(Cc2ccccc2)c(C(=CCc2ccccc2)C(=O)O)c2ccccc2c1O. The molecule has 4 aromatic rings. The number of phenols is 1. The van der Waals surface area contributed by atoms with Gasteiger partial charge in [-0.25, -0.2) is 4.79 Å². The first-order valence-electron chi connectivity index (χ1n) is 10.4. The first kappa shape index (κ1) is 21.2. The maximum atomic E-state index is 12.5. The summed E-state index contributed by atoms with van der Waals surface area (Å²) in [6.45, 7) is 0. The van der Waals surface area contributed by atoms with Crippen LogP contribution in [0.4, 0.5) is 0 Å². The highest BCUT2D eigenvalue weighted by atomic mass is 16.5. The summed E-state index contributed by atoms with van der Waals surface area (Å²) in [5, 5.41) is 22.4. The minimum absolute atomic E-state index is 0.0191. The van der Waals surface area contributed by atoms with Crippen molar-refractivity contribution >= 4 is 22.3 Å². The number of aromatic hydroxyl groups is 1. The lowest BCUT2D eigenvalue weighted by Gasteiger charge is -2.20. The topological polar surface area (TPSA) is 66.8 Å². The van der Waals surface area contributed by atoms with Crippen LogP contribution in [-0.2, 0) is 17.6 Å². The van der Waals surface area contributed by atoms with Crippen LogP contribution in [0.2, 0.25) is 0 Å². The zero-order valence-corrected chi connectivity index (χ0v) is 17.8. The fraction of sp³-hybridized carbons (Fsp3) is 0.107. The van der Waals surface area contributed by atoms with Gasteiger partial charge in [-0.3, -0.25) is 0 Å². The second kappa shape index (κ2) is 9.40. The molecule has 2 N–H and O–H groups in total. The molecule has 0 bridgehead atoms. The standard InChI is InChI=1S/C28H24O4/c1-32-27-24(18-20-12-6-3-7-13-20)25(21-14-8-9-15-22(21)26(27)29)23(28(30)31)17-16-19-10-4-2-5-11-19/h2-15,17,29H,16,18H2,1H3,(H,30,31). The second-order valence-corrected chi connectivity index (χ2v) is 7.56. The number of ether oxygens (including phenoxy) is 1. The number of fused-ring (bicyclic) bond motifs is 1. The number of hydrogen-bond donors (Lipinski definition) is 2. The van der Waals surface area contributed by atoms with E-state index in [1.807, 2.05) is 78.9 Å². The molecule has 160 valence electrons. The van der Waals surface area contributed by atoms with Crippen LogP contribution in [0, 0.1) is 0 Å². The van der Waals surface area contributed by atoms with Crippen molar-refractivity contribution in [2.75, 3.05) is 7.11 Å². The van der Waals surface area contributed by atoms with E-state index in [2.05, 4.69) is 0 Å². The van der Waals surface area contributed by atoms with Crippen LogP contribution in [0.5, 0.6) is 11.5 Å². The molecule has 0 unspecified atom stereocenters. The van der Waals surface area contributed by atoms with Gasteiger partial charge >= 0.3 is 5.97 Å². The van der Waals surface area contributed by atoms with Crippen molar-refractivity contribution in [1.82, 2.24) is 0 Å². The van der Waals surface area contributed by atoms with Gasteiger partial charge in [-0.05, 0) is 22.9 Å². The minimum Gasteiger partial charge on any atom is -0.504 e. The average molecular weight is 424 g/mol. The second-order valence-electron chi connectivity index (χ2n) is 7.56. The number of allylic oxidation sites excluding steroid dienone is 1. The summed E-state index contributed by atoms with van der Waals surface area (Å²) in [4.78, 5) is 12.5. The Kier molecular flexibility index (Phi) is 6.22. The van der Waals surface area contributed by atoms with E-state index in [0.29, 0.717) is 40.5 Å². The lowest BCUT2D eigenvalue weighted by Crippen LogP contribution is -2.08. The summed E-state index contributed by atoms with van der Waals surface area (Å²) in [7, 11) is 1.50. The summed E-state index contributed by atoms with van der Waals surface area (Å²) in [6, 6.07) is 26.8. The summed E-state index contributed by atoms with van der Waals surface area (Å²) in [6.07, 6.45) is 2.64. The molecule has 4 aromatic carbocycles. The Balaban J connectivity index is 1.99. The van der Waals surface area contributed by atoms with E-state index in [1.54, 1.807) is 12.1 Å². The van der Waals surface area contributed by atoms with Gasteiger partial charge in [-0.2, -0.15) is 0 Å². The molecule has 0 aromatic heterocycles.